The van der Waals surface area contributed by atoms with Crippen molar-refractivity contribution in [1.82, 2.24) is 5.43 Å². The van der Waals surface area contributed by atoms with Crippen molar-refractivity contribution in [1.29, 1.82) is 0 Å². The number of amides is 2. The van der Waals surface area contributed by atoms with Crippen LogP contribution in [0.1, 0.15) is 18.4 Å². The molecule has 2 N–H and O–H groups in total. The van der Waals surface area contributed by atoms with E-state index in [1.54, 1.807) is 0 Å². The lowest BCUT2D eigenvalue weighted by molar-refractivity contribution is -0.140. The summed E-state index contributed by atoms with van der Waals surface area (Å²) in [4.78, 5) is 34.6. The fraction of sp³-hybridized carbons (Fsp3) is 0.286. The number of hydrogen-bond donors (Lipinski definition) is 2. The number of nitrogens with zero attached hydrogens (tertiary/aromatic N) is 1. The molecule has 0 saturated carbocycles. The molecule has 0 unspecified atom stereocenters. The van der Waals surface area contributed by atoms with Gasteiger partial charge in [-0.15, -0.1) is 0 Å². The number of hydrazone groups is 1. The minimum Gasteiger partial charge on any atom is -0.451 e. The second-order valence-electron chi connectivity index (χ2n) is 4.82. The zero-order valence-corrected chi connectivity index (χ0v) is 15.3. The number of halogens is 2. The summed E-state index contributed by atoms with van der Waals surface area (Å²) in [5.74, 6) is -1.46. The van der Waals surface area contributed by atoms with Crippen LogP contribution in [0.4, 0.5) is 5.69 Å². The molecule has 1 aromatic rings. The summed E-state index contributed by atoms with van der Waals surface area (Å²) in [6.07, 6.45) is 0.366. The SMILES string of the molecule is Cc1cc(Br)c(NC(=O)COC(=O)C2=NNC(=O)CC2)c(Br)c1. The highest BCUT2D eigenvalue weighted by Crippen LogP contribution is 2.32. The van der Waals surface area contributed by atoms with Crippen LogP contribution in [0.3, 0.4) is 0 Å². The average Bonchev–Trinajstić information content (AvgIpc) is 2.49. The van der Waals surface area contributed by atoms with Gasteiger partial charge in [0.15, 0.2) is 6.61 Å². The lowest BCUT2D eigenvalue weighted by atomic mass is 10.2. The molecular formula is C14H13Br2N3O4. The van der Waals surface area contributed by atoms with Crippen molar-refractivity contribution in [2.45, 2.75) is 19.8 Å². The second kappa shape index (κ2) is 7.69. The normalized spacial score (nSPS) is 13.9. The van der Waals surface area contributed by atoms with Gasteiger partial charge in [-0.1, -0.05) is 0 Å². The van der Waals surface area contributed by atoms with Crippen LogP contribution in [0.25, 0.3) is 0 Å². The lowest BCUT2D eigenvalue weighted by Crippen LogP contribution is -2.32. The Morgan fingerprint density at radius 3 is 2.52 bits per heavy atom. The fourth-order valence-electron chi connectivity index (χ4n) is 1.83. The number of esters is 1. The van der Waals surface area contributed by atoms with Gasteiger partial charge in [-0.2, -0.15) is 5.10 Å². The molecule has 0 radical (unpaired) electrons. The first-order chi connectivity index (χ1) is 10.9. The molecule has 122 valence electrons. The molecule has 0 aromatic heterocycles. The zero-order valence-electron chi connectivity index (χ0n) is 12.1. The Bertz CT molecular complexity index is 680. The smallest absolute Gasteiger partial charge is 0.355 e. The van der Waals surface area contributed by atoms with Crippen molar-refractivity contribution in [3.8, 4) is 0 Å². The largest absolute Gasteiger partial charge is 0.451 e. The zero-order chi connectivity index (χ0) is 17.0. The van der Waals surface area contributed by atoms with Gasteiger partial charge in [0.2, 0.25) is 5.91 Å². The van der Waals surface area contributed by atoms with Crippen LogP contribution in [0.2, 0.25) is 0 Å². The fourth-order valence-corrected chi connectivity index (χ4v) is 3.44. The van der Waals surface area contributed by atoms with Crippen molar-refractivity contribution < 1.29 is 19.1 Å². The number of carbonyl (C=O) groups excluding carboxylic acids is 3. The molecule has 23 heavy (non-hydrogen) atoms. The summed E-state index contributed by atoms with van der Waals surface area (Å²) < 4.78 is 6.31. The van der Waals surface area contributed by atoms with E-state index >= 15 is 0 Å². The van der Waals surface area contributed by atoms with E-state index in [9.17, 15) is 14.4 Å². The van der Waals surface area contributed by atoms with Crippen molar-refractivity contribution in [3.63, 3.8) is 0 Å². The van der Waals surface area contributed by atoms with Crippen LogP contribution < -0.4 is 10.7 Å². The molecule has 9 heteroatoms. The van der Waals surface area contributed by atoms with E-state index in [1.165, 1.54) is 0 Å². The Morgan fingerprint density at radius 2 is 1.96 bits per heavy atom. The van der Waals surface area contributed by atoms with Gasteiger partial charge in [0, 0.05) is 21.8 Å². The highest BCUT2D eigenvalue weighted by Gasteiger charge is 2.20. The molecule has 2 rings (SSSR count). The number of rotatable bonds is 4. The van der Waals surface area contributed by atoms with Gasteiger partial charge < -0.3 is 10.1 Å². The molecule has 1 heterocycles. The first kappa shape index (κ1) is 17.6. The van der Waals surface area contributed by atoms with Crippen LogP contribution in [-0.4, -0.2) is 30.1 Å². The van der Waals surface area contributed by atoms with Crippen molar-refractivity contribution in [2.75, 3.05) is 11.9 Å². The lowest BCUT2D eigenvalue weighted by Gasteiger charge is -2.13. The minimum absolute atomic E-state index is 0.0927. The van der Waals surface area contributed by atoms with Gasteiger partial charge in [0.1, 0.15) is 5.71 Å². The molecule has 0 atom stereocenters. The monoisotopic (exact) mass is 445 g/mol. The second-order valence-corrected chi connectivity index (χ2v) is 6.53. The first-order valence-corrected chi connectivity index (χ1v) is 8.23. The number of benzene rings is 1. The van der Waals surface area contributed by atoms with Crippen LogP contribution in [0.15, 0.2) is 26.2 Å². The molecule has 0 spiro atoms. The van der Waals surface area contributed by atoms with Gasteiger partial charge in [-0.05, 0) is 56.5 Å². The van der Waals surface area contributed by atoms with Crippen LogP contribution in [0.5, 0.6) is 0 Å². The third-order valence-electron chi connectivity index (χ3n) is 2.93. The average molecular weight is 447 g/mol. The maximum atomic E-state index is 11.9. The molecule has 1 aliphatic rings. The molecule has 0 aliphatic carbocycles. The first-order valence-electron chi connectivity index (χ1n) is 6.65. The Kier molecular flexibility index (Phi) is 5.89. The summed E-state index contributed by atoms with van der Waals surface area (Å²) in [6.45, 7) is 1.48. The van der Waals surface area contributed by atoms with Gasteiger partial charge in [0.25, 0.3) is 5.91 Å². The van der Waals surface area contributed by atoms with E-state index in [-0.39, 0.29) is 24.5 Å². The van der Waals surface area contributed by atoms with Crippen molar-refractivity contribution in [2.24, 2.45) is 5.10 Å². The number of aryl methyl sites for hydroxylation is 1. The predicted molar refractivity (Wildman–Crippen MR) is 91.0 cm³/mol. The van der Waals surface area contributed by atoms with E-state index in [4.69, 9.17) is 4.74 Å². The van der Waals surface area contributed by atoms with E-state index in [2.05, 4.69) is 47.7 Å². The Balaban J connectivity index is 1.91. The molecule has 0 fully saturated rings. The van der Waals surface area contributed by atoms with Gasteiger partial charge in [0.05, 0.1) is 5.69 Å². The number of ether oxygens (including phenoxy) is 1. The van der Waals surface area contributed by atoms with Crippen LogP contribution in [-0.2, 0) is 19.1 Å². The molecular weight excluding hydrogens is 434 g/mol. The summed E-state index contributed by atoms with van der Waals surface area (Å²) >= 11 is 6.73. The highest BCUT2D eigenvalue weighted by molar-refractivity contribution is 9.11. The third-order valence-corrected chi connectivity index (χ3v) is 4.18. The summed E-state index contributed by atoms with van der Waals surface area (Å²) in [5.41, 5.74) is 3.86. The molecule has 7 nitrogen and oxygen atoms in total. The number of anilines is 1. The van der Waals surface area contributed by atoms with Crippen LogP contribution in [0, 0.1) is 6.92 Å². The van der Waals surface area contributed by atoms with Crippen molar-refractivity contribution >= 4 is 61.0 Å². The minimum atomic E-state index is -0.720. The Morgan fingerprint density at radius 1 is 1.30 bits per heavy atom. The quantitative estimate of drug-likeness (QED) is 0.693. The van der Waals surface area contributed by atoms with Gasteiger partial charge in [-0.3, -0.25) is 9.59 Å². The molecule has 2 amide bonds. The van der Waals surface area contributed by atoms with E-state index in [0.29, 0.717) is 14.6 Å². The van der Waals surface area contributed by atoms with E-state index < -0.39 is 18.5 Å². The standard InChI is InChI=1S/C14H13Br2N3O4/c1-7-4-8(15)13(9(16)5-7)17-12(21)6-23-14(22)10-2-3-11(20)19-18-10/h4-5H,2-3,6H2,1H3,(H,17,21)(H,19,20). The van der Waals surface area contributed by atoms with Crippen molar-refractivity contribution in [3.05, 3.63) is 26.6 Å². The number of carbonyl (C=O) groups is 3. The number of nitrogens with one attached hydrogen (secondary N) is 2. The Hall–Kier alpha value is -1.74. The maximum absolute atomic E-state index is 11.9. The molecule has 1 aliphatic heterocycles. The Labute approximate surface area is 149 Å². The summed E-state index contributed by atoms with van der Waals surface area (Å²) in [6, 6.07) is 3.71. The maximum Gasteiger partial charge on any atom is 0.355 e. The van der Waals surface area contributed by atoms with E-state index in [0.717, 1.165) is 5.56 Å². The van der Waals surface area contributed by atoms with E-state index in [1.807, 2.05) is 19.1 Å². The van der Waals surface area contributed by atoms with Gasteiger partial charge >= 0.3 is 5.97 Å². The highest BCUT2D eigenvalue weighted by atomic mass is 79.9. The summed E-state index contributed by atoms with van der Waals surface area (Å²) in [5, 5.41) is 6.26. The van der Waals surface area contributed by atoms with Crippen LogP contribution >= 0.6 is 31.9 Å². The predicted octanol–water partition coefficient (Wildman–Crippen LogP) is 2.27. The molecule has 0 bridgehead atoms. The number of hydrogen-bond acceptors (Lipinski definition) is 5. The van der Waals surface area contributed by atoms with Gasteiger partial charge in [-0.25, -0.2) is 10.2 Å². The summed E-state index contributed by atoms with van der Waals surface area (Å²) in [7, 11) is 0. The third kappa shape index (κ3) is 4.87. The molecule has 0 saturated heterocycles. The topological polar surface area (TPSA) is 96.9 Å². The molecule has 1 aromatic carbocycles.